The average molecular weight is 185 g/mol. The molecule has 0 atom stereocenters. The highest BCUT2D eigenvalue weighted by molar-refractivity contribution is 5.69. The van der Waals surface area contributed by atoms with Gasteiger partial charge in [-0.05, 0) is 32.7 Å². The third-order valence-electron chi connectivity index (χ3n) is 2.97. The van der Waals surface area contributed by atoms with Crippen molar-refractivity contribution in [1.29, 1.82) is 0 Å². The van der Waals surface area contributed by atoms with Gasteiger partial charge in [-0.2, -0.15) is 0 Å². The van der Waals surface area contributed by atoms with Gasteiger partial charge >= 0.3 is 5.97 Å². The van der Waals surface area contributed by atoms with E-state index in [1.165, 1.54) is 0 Å². The van der Waals surface area contributed by atoms with Gasteiger partial charge in [-0.25, -0.2) is 0 Å². The molecule has 0 aliphatic heterocycles. The van der Waals surface area contributed by atoms with Crippen molar-refractivity contribution in [3.63, 3.8) is 0 Å². The van der Waals surface area contributed by atoms with Crippen LogP contribution in [0.1, 0.15) is 38.5 Å². The van der Waals surface area contributed by atoms with Crippen LogP contribution in [0.2, 0.25) is 0 Å². The Balaban J connectivity index is 2.34. The predicted molar refractivity (Wildman–Crippen MR) is 51.7 cm³/mol. The zero-order valence-electron chi connectivity index (χ0n) is 8.25. The van der Waals surface area contributed by atoms with Crippen LogP contribution in [0.4, 0.5) is 0 Å². The van der Waals surface area contributed by atoms with Crippen LogP contribution in [0.25, 0.3) is 0 Å². The fourth-order valence-electron chi connectivity index (χ4n) is 2.05. The molecule has 13 heavy (non-hydrogen) atoms. The second-order valence-electron chi connectivity index (χ2n) is 3.88. The van der Waals surface area contributed by atoms with E-state index < -0.39 is 5.97 Å². The summed E-state index contributed by atoms with van der Waals surface area (Å²) in [4.78, 5) is 10.8. The number of carboxylic acid groups (broad SMARTS) is 1. The number of aliphatic carboxylic acids is 1. The third kappa shape index (κ3) is 3.35. The Morgan fingerprint density at radius 1 is 1.23 bits per heavy atom. The largest absolute Gasteiger partial charge is 0.481 e. The number of carbonyl (C=O) groups is 1. The Bertz CT molecular complexity index is 160. The summed E-state index contributed by atoms with van der Waals surface area (Å²) in [6, 6.07) is 0.606. The van der Waals surface area contributed by atoms with Crippen molar-refractivity contribution in [3.8, 4) is 0 Å². The van der Waals surface area contributed by atoms with E-state index in [0.29, 0.717) is 6.04 Å². The molecule has 0 spiro atoms. The maximum atomic E-state index is 10.8. The normalized spacial score (nSPS) is 30.5. The van der Waals surface area contributed by atoms with Crippen molar-refractivity contribution >= 4 is 5.97 Å². The molecule has 3 nitrogen and oxygen atoms in total. The number of nitrogens with one attached hydrogen (secondary N) is 1. The molecule has 1 rings (SSSR count). The van der Waals surface area contributed by atoms with Crippen LogP contribution in [0, 0.1) is 5.92 Å². The van der Waals surface area contributed by atoms with Crippen LogP contribution in [0.5, 0.6) is 0 Å². The van der Waals surface area contributed by atoms with Crippen LogP contribution in [0.3, 0.4) is 0 Å². The van der Waals surface area contributed by atoms with Crippen molar-refractivity contribution in [2.24, 2.45) is 5.92 Å². The first-order chi connectivity index (χ1) is 6.24. The predicted octanol–water partition coefficient (Wildman–Crippen LogP) is 1.63. The molecule has 0 heterocycles. The minimum Gasteiger partial charge on any atom is -0.481 e. The van der Waals surface area contributed by atoms with Crippen molar-refractivity contribution < 1.29 is 9.90 Å². The molecule has 3 heteroatoms. The quantitative estimate of drug-likeness (QED) is 0.687. The maximum Gasteiger partial charge on any atom is 0.306 e. The molecular weight excluding hydrogens is 166 g/mol. The van der Waals surface area contributed by atoms with Crippen molar-refractivity contribution in [2.75, 3.05) is 7.05 Å². The van der Waals surface area contributed by atoms with Gasteiger partial charge in [-0.1, -0.05) is 12.8 Å². The van der Waals surface area contributed by atoms with E-state index in [4.69, 9.17) is 5.11 Å². The zero-order chi connectivity index (χ0) is 9.68. The van der Waals surface area contributed by atoms with E-state index in [2.05, 4.69) is 5.32 Å². The monoisotopic (exact) mass is 185 g/mol. The molecular formula is C10H19NO2. The fraction of sp³-hybridized carbons (Fsp3) is 0.900. The van der Waals surface area contributed by atoms with Gasteiger partial charge in [0.15, 0.2) is 0 Å². The molecule has 0 saturated heterocycles. The number of rotatable bonds is 2. The van der Waals surface area contributed by atoms with Gasteiger partial charge in [-0.15, -0.1) is 0 Å². The summed E-state index contributed by atoms with van der Waals surface area (Å²) in [5.41, 5.74) is 0. The van der Waals surface area contributed by atoms with Crippen molar-refractivity contribution in [2.45, 2.75) is 44.6 Å². The third-order valence-corrected chi connectivity index (χ3v) is 2.97. The molecule has 1 saturated carbocycles. The Hall–Kier alpha value is -0.570. The van der Waals surface area contributed by atoms with Gasteiger partial charge in [0.1, 0.15) is 0 Å². The van der Waals surface area contributed by atoms with Crippen LogP contribution < -0.4 is 5.32 Å². The lowest BCUT2D eigenvalue weighted by Gasteiger charge is -2.21. The first kappa shape index (κ1) is 10.5. The second kappa shape index (κ2) is 5.22. The van der Waals surface area contributed by atoms with E-state index in [1.807, 2.05) is 7.05 Å². The highest BCUT2D eigenvalue weighted by Crippen LogP contribution is 2.22. The highest BCUT2D eigenvalue weighted by Gasteiger charge is 2.20. The highest BCUT2D eigenvalue weighted by atomic mass is 16.4. The van der Waals surface area contributed by atoms with Crippen LogP contribution >= 0.6 is 0 Å². The first-order valence-corrected chi connectivity index (χ1v) is 5.14. The molecule has 0 amide bonds. The summed E-state index contributed by atoms with van der Waals surface area (Å²) >= 11 is 0. The summed E-state index contributed by atoms with van der Waals surface area (Å²) < 4.78 is 0. The van der Waals surface area contributed by atoms with Gasteiger partial charge in [0.05, 0.1) is 5.92 Å². The standard InChI is InChI=1S/C10H19NO2/c1-11-9-6-2-4-8(10(12)13)5-3-7-9/h8-9,11H,2-7H2,1H3,(H,12,13). The molecule has 0 unspecified atom stereocenters. The maximum absolute atomic E-state index is 10.8. The minimum atomic E-state index is -0.608. The summed E-state index contributed by atoms with van der Waals surface area (Å²) in [5, 5.41) is 12.1. The Kier molecular flexibility index (Phi) is 4.22. The van der Waals surface area contributed by atoms with Crippen molar-refractivity contribution in [3.05, 3.63) is 0 Å². The van der Waals surface area contributed by atoms with E-state index in [1.54, 1.807) is 0 Å². The molecule has 0 aromatic carbocycles. The molecule has 1 aliphatic carbocycles. The lowest BCUT2D eigenvalue weighted by atomic mass is 9.89. The molecule has 0 aromatic rings. The molecule has 0 aromatic heterocycles. The topological polar surface area (TPSA) is 49.3 Å². The van der Waals surface area contributed by atoms with E-state index >= 15 is 0 Å². The van der Waals surface area contributed by atoms with Gasteiger partial charge in [0, 0.05) is 6.04 Å². The van der Waals surface area contributed by atoms with Gasteiger partial charge in [0.25, 0.3) is 0 Å². The SMILES string of the molecule is CNC1CCCC(C(=O)O)CCC1. The van der Waals surface area contributed by atoms with E-state index in [0.717, 1.165) is 38.5 Å². The summed E-state index contributed by atoms with van der Waals surface area (Å²) in [6.45, 7) is 0. The van der Waals surface area contributed by atoms with Gasteiger partial charge in [-0.3, -0.25) is 4.79 Å². The van der Waals surface area contributed by atoms with E-state index in [9.17, 15) is 4.79 Å². The molecule has 2 N–H and O–H groups in total. The van der Waals surface area contributed by atoms with Crippen LogP contribution in [-0.2, 0) is 4.79 Å². The number of carboxylic acids is 1. The molecule has 1 fully saturated rings. The Labute approximate surface area is 79.5 Å². The van der Waals surface area contributed by atoms with Gasteiger partial charge in [0.2, 0.25) is 0 Å². The molecule has 0 radical (unpaired) electrons. The Morgan fingerprint density at radius 3 is 2.15 bits per heavy atom. The average Bonchev–Trinajstić information content (AvgIpc) is 2.03. The number of hydrogen-bond acceptors (Lipinski definition) is 2. The van der Waals surface area contributed by atoms with Crippen LogP contribution in [-0.4, -0.2) is 24.2 Å². The van der Waals surface area contributed by atoms with E-state index in [-0.39, 0.29) is 5.92 Å². The first-order valence-electron chi connectivity index (χ1n) is 5.14. The summed E-state index contributed by atoms with van der Waals surface area (Å²) in [7, 11) is 1.99. The lowest BCUT2D eigenvalue weighted by Crippen LogP contribution is -2.27. The molecule has 1 aliphatic rings. The number of hydrogen-bond donors (Lipinski definition) is 2. The van der Waals surface area contributed by atoms with Crippen molar-refractivity contribution in [1.82, 2.24) is 5.32 Å². The fourth-order valence-corrected chi connectivity index (χ4v) is 2.05. The summed E-state index contributed by atoms with van der Waals surface area (Å²) in [5.74, 6) is -0.694. The second-order valence-corrected chi connectivity index (χ2v) is 3.88. The lowest BCUT2D eigenvalue weighted by molar-refractivity contribution is -0.142. The van der Waals surface area contributed by atoms with Crippen LogP contribution in [0.15, 0.2) is 0 Å². The Morgan fingerprint density at radius 2 is 1.77 bits per heavy atom. The molecule has 76 valence electrons. The van der Waals surface area contributed by atoms with Gasteiger partial charge < -0.3 is 10.4 Å². The smallest absolute Gasteiger partial charge is 0.306 e. The zero-order valence-corrected chi connectivity index (χ0v) is 8.25. The molecule has 0 bridgehead atoms. The summed E-state index contributed by atoms with van der Waals surface area (Å²) in [6.07, 6.45) is 6.05. The minimum absolute atomic E-state index is 0.0854.